The van der Waals surface area contributed by atoms with E-state index in [4.69, 9.17) is 4.74 Å². The Morgan fingerprint density at radius 3 is 2.57 bits per heavy atom. The lowest BCUT2D eigenvalue weighted by Crippen LogP contribution is -2.70. The van der Waals surface area contributed by atoms with Crippen molar-refractivity contribution in [2.24, 2.45) is 34.5 Å². The van der Waals surface area contributed by atoms with E-state index in [0.29, 0.717) is 25.7 Å². The maximum Gasteiger partial charge on any atom is 0.307 e. The standard InChI is InChI=1S/C23H30O7/c1-21-11-7-12(24)9-16(21)30-17-10-15(21)19(13(8-11)20(27)28)14-3-5-23(29,22(14,17)2)6-4-18(25)26/h7,13-17,19,29H,3-6,8-10H2,1-2H3,(H,25,26)(H,27,28)/t13-,14+,15?,16+,17-,19+,21+,22-,23-/m1/s1. The van der Waals surface area contributed by atoms with Crippen LogP contribution in [0.3, 0.4) is 0 Å². The zero-order chi connectivity index (χ0) is 21.6. The summed E-state index contributed by atoms with van der Waals surface area (Å²) in [6.07, 6.45) is 3.47. The average Bonchev–Trinajstić information content (AvgIpc) is 2.93. The van der Waals surface area contributed by atoms with Crippen LogP contribution in [0.5, 0.6) is 0 Å². The number of ketones is 1. The Morgan fingerprint density at radius 1 is 1.17 bits per heavy atom. The quantitative estimate of drug-likeness (QED) is 0.641. The van der Waals surface area contributed by atoms with Crippen LogP contribution in [0.25, 0.3) is 0 Å². The van der Waals surface area contributed by atoms with E-state index >= 15 is 0 Å². The van der Waals surface area contributed by atoms with Gasteiger partial charge in [-0.25, -0.2) is 0 Å². The molecule has 5 aliphatic rings. The molecule has 164 valence electrons. The minimum Gasteiger partial charge on any atom is -0.481 e. The van der Waals surface area contributed by atoms with Gasteiger partial charge in [-0.1, -0.05) is 19.4 Å². The molecule has 7 nitrogen and oxygen atoms in total. The molecule has 0 amide bonds. The fourth-order valence-corrected chi connectivity index (χ4v) is 8.24. The van der Waals surface area contributed by atoms with E-state index in [0.717, 1.165) is 5.57 Å². The molecule has 0 radical (unpaired) electrons. The average molecular weight is 418 g/mol. The normalized spacial score (nSPS) is 51.2. The van der Waals surface area contributed by atoms with Crippen molar-refractivity contribution in [3.05, 3.63) is 11.6 Å². The third-order valence-corrected chi connectivity index (χ3v) is 9.86. The molecule has 0 aromatic heterocycles. The molecule has 9 atom stereocenters. The monoisotopic (exact) mass is 418 g/mol. The zero-order valence-corrected chi connectivity index (χ0v) is 17.5. The fourth-order valence-electron chi connectivity index (χ4n) is 8.24. The molecule has 3 saturated carbocycles. The van der Waals surface area contributed by atoms with Crippen LogP contribution in [0.2, 0.25) is 0 Å². The molecule has 30 heavy (non-hydrogen) atoms. The number of carbonyl (C=O) groups is 3. The SMILES string of the molecule is C[C@]12[C@H]3CC4[C@@H]([C@H](C(=O)O)CC5=CC(=O)C[C@H](O3)[C@@]54C)[C@@H]1CC[C@@]2(O)CCC(=O)O. The Labute approximate surface area is 175 Å². The number of ether oxygens (including phenoxy) is 1. The van der Waals surface area contributed by atoms with Gasteiger partial charge >= 0.3 is 11.9 Å². The Bertz CT molecular complexity index is 864. The molecule has 7 heteroatoms. The van der Waals surface area contributed by atoms with Gasteiger partial charge in [0.2, 0.25) is 0 Å². The van der Waals surface area contributed by atoms with Gasteiger partial charge in [0.15, 0.2) is 5.78 Å². The number of carboxylic acids is 2. The molecule has 4 aliphatic carbocycles. The maximum atomic E-state index is 12.4. The predicted octanol–water partition coefficient (Wildman–Crippen LogP) is 2.41. The summed E-state index contributed by atoms with van der Waals surface area (Å²) in [5.74, 6) is -2.46. The number of rotatable bonds is 4. The van der Waals surface area contributed by atoms with Crippen molar-refractivity contribution in [1.82, 2.24) is 0 Å². The summed E-state index contributed by atoms with van der Waals surface area (Å²) < 4.78 is 6.59. The van der Waals surface area contributed by atoms with Gasteiger partial charge in [-0.05, 0) is 55.9 Å². The van der Waals surface area contributed by atoms with E-state index < -0.39 is 28.9 Å². The summed E-state index contributed by atoms with van der Waals surface area (Å²) in [4.78, 5) is 36.0. The first-order valence-electron chi connectivity index (χ1n) is 11.1. The molecule has 1 aliphatic heterocycles. The van der Waals surface area contributed by atoms with Crippen LogP contribution in [-0.4, -0.2) is 50.9 Å². The number of aliphatic hydroxyl groups is 1. The molecule has 2 bridgehead atoms. The molecule has 0 aromatic rings. The largest absolute Gasteiger partial charge is 0.481 e. The third kappa shape index (κ3) is 2.31. The molecule has 1 heterocycles. The predicted molar refractivity (Wildman–Crippen MR) is 104 cm³/mol. The van der Waals surface area contributed by atoms with Gasteiger partial charge in [-0.2, -0.15) is 0 Å². The number of hydrogen-bond donors (Lipinski definition) is 3. The van der Waals surface area contributed by atoms with E-state index in [1.165, 1.54) is 0 Å². The smallest absolute Gasteiger partial charge is 0.307 e. The topological polar surface area (TPSA) is 121 Å². The van der Waals surface area contributed by atoms with E-state index in [-0.39, 0.29) is 60.4 Å². The van der Waals surface area contributed by atoms with Crippen LogP contribution in [0.4, 0.5) is 0 Å². The molecule has 1 saturated heterocycles. The van der Waals surface area contributed by atoms with Crippen LogP contribution in [0.15, 0.2) is 11.6 Å². The van der Waals surface area contributed by atoms with Crippen LogP contribution in [0, 0.1) is 34.5 Å². The van der Waals surface area contributed by atoms with Crippen molar-refractivity contribution in [1.29, 1.82) is 0 Å². The van der Waals surface area contributed by atoms with Crippen LogP contribution >= 0.6 is 0 Å². The summed E-state index contributed by atoms with van der Waals surface area (Å²) in [5.41, 5.74) is -1.36. The Balaban J connectivity index is 1.64. The summed E-state index contributed by atoms with van der Waals surface area (Å²) in [6, 6.07) is 0. The minimum atomic E-state index is -1.21. The lowest BCUT2D eigenvalue weighted by Gasteiger charge is -2.68. The van der Waals surface area contributed by atoms with Crippen LogP contribution in [0.1, 0.15) is 58.8 Å². The van der Waals surface area contributed by atoms with E-state index in [9.17, 15) is 29.7 Å². The highest BCUT2D eigenvalue weighted by Crippen LogP contribution is 2.72. The zero-order valence-electron chi connectivity index (χ0n) is 17.5. The second kappa shape index (κ2) is 6.16. The number of hydrogen-bond acceptors (Lipinski definition) is 5. The van der Waals surface area contributed by atoms with Gasteiger partial charge in [-0.15, -0.1) is 0 Å². The minimum absolute atomic E-state index is 0.0238. The van der Waals surface area contributed by atoms with Gasteiger partial charge in [0, 0.05) is 23.7 Å². The number of carboxylic acid groups (broad SMARTS) is 2. The Kier molecular flexibility index (Phi) is 4.15. The first-order valence-corrected chi connectivity index (χ1v) is 11.1. The lowest BCUT2D eigenvalue weighted by atomic mass is 9.41. The van der Waals surface area contributed by atoms with Crippen molar-refractivity contribution < 1.29 is 34.4 Å². The van der Waals surface area contributed by atoms with E-state index in [1.807, 2.05) is 6.92 Å². The highest BCUT2D eigenvalue weighted by molar-refractivity contribution is 5.92. The van der Waals surface area contributed by atoms with Crippen LogP contribution < -0.4 is 0 Å². The second-order valence-corrected chi connectivity index (χ2v) is 10.7. The molecule has 1 unspecified atom stereocenters. The van der Waals surface area contributed by atoms with Gasteiger partial charge in [0.1, 0.15) is 0 Å². The van der Waals surface area contributed by atoms with E-state index in [1.54, 1.807) is 6.08 Å². The van der Waals surface area contributed by atoms with Crippen LogP contribution in [-0.2, 0) is 19.1 Å². The maximum absolute atomic E-state index is 12.4. The number of carbonyl (C=O) groups excluding carboxylic acids is 1. The van der Waals surface area contributed by atoms with Gasteiger partial charge in [-0.3, -0.25) is 14.4 Å². The number of fused-ring (bicyclic) bond motifs is 4. The Morgan fingerprint density at radius 2 is 1.90 bits per heavy atom. The number of aliphatic carboxylic acids is 2. The summed E-state index contributed by atoms with van der Waals surface area (Å²) in [6.45, 7) is 4.11. The van der Waals surface area contributed by atoms with E-state index in [2.05, 4.69) is 6.92 Å². The third-order valence-electron chi connectivity index (χ3n) is 9.86. The molecule has 3 N–H and O–H groups in total. The van der Waals surface area contributed by atoms with Gasteiger partial charge in [0.25, 0.3) is 0 Å². The first-order chi connectivity index (χ1) is 14.0. The highest BCUT2D eigenvalue weighted by atomic mass is 16.5. The van der Waals surface area contributed by atoms with Crippen molar-refractivity contribution in [2.45, 2.75) is 76.6 Å². The molecule has 0 spiro atoms. The molecule has 5 rings (SSSR count). The molecule has 4 fully saturated rings. The summed E-state index contributed by atoms with van der Waals surface area (Å²) in [5, 5.41) is 31.0. The van der Waals surface area contributed by atoms with Crippen molar-refractivity contribution in [2.75, 3.05) is 0 Å². The van der Waals surface area contributed by atoms with Crippen molar-refractivity contribution >= 4 is 17.7 Å². The second-order valence-electron chi connectivity index (χ2n) is 10.7. The van der Waals surface area contributed by atoms with Gasteiger partial charge in [0.05, 0.1) is 23.7 Å². The molecule has 0 aromatic carbocycles. The lowest BCUT2D eigenvalue weighted by molar-refractivity contribution is -0.282. The molecular formula is C23H30O7. The Hall–Kier alpha value is -1.73. The summed E-state index contributed by atoms with van der Waals surface area (Å²) in [7, 11) is 0. The highest BCUT2D eigenvalue weighted by Gasteiger charge is 2.73. The summed E-state index contributed by atoms with van der Waals surface area (Å²) >= 11 is 0. The van der Waals surface area contributed by atoms with Gasteiger partial charge < -0.3 is 20.1 Å². The molecular weight excluding hydrogens is 388 g/mol. The van der Waals surface area contributed by atoms with Crippen molar-refractivity contribution in [3.8, 4) is 0 Å². The fraction of sp³-hybridized carbons (Fsp3) is 0.783. The first kappa shape index (κ1) is 20.2. The van der Waals surface area contributed by atoms with Crippen molar-refractivity contribution in [3.63, 3.8) is 0 Å².